The molecule has 0 aliphatic carbocycles. The Labute approximate surface area is 98.8 Å². The number of benzene rings is 1. The number of carbonyl (C=O) groups excluding carboxylic acids is 1. The smallest absolute Gasteiger partial charge is 0.241 e. The molecule has 1 amide bonds. The molecule has 0 bridgehead atoms. The van der Waals surface area contributed by atoms with Gasteiger partial charge in [0, 0.05) is 5.02 Å². The number of halogens is 2. The number of hydrogen-bond acceptors (Lipinski definition) is 2. The second-order valence-corrected chi connectivity index (χ2v) is 4.32. The van der Waals surface area contributed by atoms with Crippen molar-refractivity contribution >= 4 is 23.2 Å². The van der Waals surface area contributed by atoms with Crippen LogP contribution in [-0.4, -0.2) is 11.9 Å². The van der Waals surface area contributed by atoms with Crippen molar-refractivity contribution in [1.82, 2.24) is 0 Å². The van der Waals surface area contributed by atoms with Crippen molar-refractivity contribution in [3.05, 3.63) is 29.0 Å². The molecule has 0 unspecified atom stereocenters. The lowest BCUT2D eigenvalue weighted by molar-refractivity contribution is -0.118. The lowest BCUT2D eigenvalue weighted by Crippen LogP contribution is -2.39. The van der Waals surface area contributed by atoms with E-state index in [9.17, 15) is 9.18 Å². The molecule has 88 valence electrons. The first kappa shape index (κ1) is 12.9. The molecule has 0 spiro atoms. The van der Waals surface area contributed by atoms with Gasteiger partial charge in [0.15, 0.2) is 0 Å². The van der Waals surface area contributed by atoms with E-state index in [4.69, 9.17) is 17.3 Å². The maximum absolute atomic E-state index is 13.3. The van der Waals surface area contributed by atoms with Crippen molar-refractivity contribution in [1.29, 1.82) is 0 Å². The van der Waals surface area contributed by atoms with E-state index in [1.54, 1.807) is 0 Å². The normalized spacial score (nSPS) is 12.6. The highest BCUT2D eigenvalue weighted by atomic mass is 35.5. The fourth-order valence-corrected chi connectivity index (χ4v) is 1.27. The molecule has 0 saturated carbocycles. The van der Waals surface area contributed by atoms with Crippen LogP contribution >= 0.6 is 11.6 Å². The Bertz CT molecular complexity index is 396. The van der Waals surface area contributed by atoms with Crippen molar-refractivity contribution in [3.8, 4) is 0 Å². The molecule has 0 aliphatic heterocycles. The number of carbonyl (C=O) groups is 1. The maximum Gasteiger partial charge on any atom is 0.241 e. The summed E-state index contributed by atoms with van der Waals surface area (Å²) < 4.78 is 13.3. The highest BCUT2D eigenvalue weighted by molar-refractivity contribution is 6.30. The van der Waals surface area contributed by atoms with Gasteiger partial charge in [0.2, 0.25) is 5.91 Å². The van der Waals surface area contributed by atoms with Crippen LogP contribution < -0.4 is 11.1 Å². The summed E-state index contributed by atoms with van der Waals surface area (Å²) in [6.45, 7) is 3.64. The van der Waals surface area contributed by atoms with Gasteiger partial charge in [-0.1, -0.05) is 25.4 Å². The molecule has 1 aromatic rings. The summed E-state index contributed by atoms with van der Waals surface area (Å²) in [6, 6.07) is 3.39. The average molecular weight is 245 g/mol. The van der Waals surface area contributed by atoms with Gasteiger partial charge in [0.05, 0.1) is 11.7 Å². The average Bonchev–Trinajstić information content (AvgIpc) is 2.20. The minimum atomic E-state index is -0.657. The van der Waals surface area contributed by atoms with E-state index >= 15 is 0 Å². The summed E-state index contributed by atoms with van der Waals surface area (Å²) >= 11 is 5.59. The topological polar surface area (TPSA) is 55.1 Å². The third-order valence-corrected chi connectivity index (χ3v) is 2.45. The second kappa shape index (κ2) is 5.27. The number of nitrogens with one attached hydrogen (secondary N) is 1. The summed E-state index contributed by atoms with van der Waals surface area (Å²) in [4.78, 5) is 11.6. The molecule has 0 radical (unpaired) electrons. The highest BCUT2D eigenvalue weighted by Crippen LogP contribution is 2.19. The van der Waals surface area contributed by atoms with E-state index < -0.39 is 17.8 Å². The van der Waals surface area contributed by atoms with E-state index in [1.807, 2.05) is 13.8 Å². The van der Waals surface area contributed by atoms with E-state index in [0.717, 1.165) is 6.07 Å². The van der Waals surface area contributed by atoms with Gasteiger partial charge in [-0.05, 0) is 24.1 Å². The Kier molecular flexibility index (Phi) is 4.26. The monoisotopic (exact) mass is 244 g/mol. The van der Waals surface area contributed by atoms with Gasteiger partial charge in [0.1, 0.15) is 5.82 Å². The fraction of sp³-hybridized carbons (Fsp3) is 0.364. The van der Waals surface area contributed by atoms with Crippen molar-refractivity contribution in [3.63, 3.8) is 0 Å². The number of amides is 1. The molecule has 1 atom stereocenters. The van der Waals surface area contributed by atoms with E-state index in [0.29, 0.717) is 0 Å². The Morgan fingerprint density at radius 3 is 2.62 bits per heavy atom. The second-order valence-electron chi connectivity index (χ2n) is 3.88. The van der Waals surface area contributed by atoms with Crippen LogP contribution in [0.2, 0.25) is 5.02 Å². The number of hydrogen-bond donors (Lipinski definition) is 2. The number of rotatable bonds is 3. The van der Waals surface area contributed by atoms with Gasteiger partial charge in [-0.2, -0.15) is 0 Å². The molecule has 0 saturated heterocycles. The summed E-state index contributed by atoms with van der Waals surface area (Å²) in [6.07, 6.45) is 0. The van der Waals surface area contributed by atoms with Crippen LogP contribution in [0.3, 0.4) is 0 Å². The molecule has 3 N–H and O–H groups in total. The maximum atomic E-state index is 13.3. The molecule has 3 nitrogen and oxygen atoms in total. The van der Waals surface area contributed by atoms with Crippen molar-refractivity contribution in [2.75, 3.05) is 5.32 Å². The number of anilines is 1. The van der Waals surface area contributed by atoms with Crippen LogP contribution in [0.25, 0.3) is 0 Å². The third-order valence-electron chi connectivity index (χ3n) is 2.21. The van der Waals surface area contributed by atoms with Gasteiger partial charge in [-0.25, -0.2) is 4.39 Å². The fourth-order valence-electron chi connectivity index (χ4n) is 1.11. The lowest BCUT2D eigenvalue weighted by Gasteiger charge is -2.15. The molecule has 0 aliphatic rings. The molecule has 1 rings (SSSR count). The van der Waals surface area contributed by atoms with Crippen molar-refractivity contribution < 1.29 is 9.18 Å². The minimum absolute atomic E-state index is 0.00429. The molecule has 1 aromatic carbocycles. The van der Waals surface area contributed by atoms with Crippen molar-refractivity contribution in [2.24, 2.45) is 11.7 Å². The molecule has 5 heteroatoms. The first-order chi connectivity index (χ1) is 7.41. The number of nitrogens with two attached hydrogens (primary N) is 1. The summed E-state index contributed by atoms with van der Waals surface area (Å²) in [5, 5.41) is 2.70. The van der Waals surface area contributed by atoms with Crippen molar-refractivity contribution in [2.45, 2.75) is 19.9 Å². The first-order valence-corrected chi connectivity index (χ1v) is 5.31. The lowest BCUT2D eigenvalue weighted by atomic mass is 10.0. The Balaban J connectivity index is 2.77. The Hall–Kier alpha value is -1.13. The zero-order valence-electron chi connectivity index (χ0n) is 9.13. The summed E-state index contributed by atoms with van der Waals surface area (Å²) in [7, 11) is 0. The van der Waals surface area contributed by atoms with E-state index in [-0.39, 0.29) is 16.6 Å². The first-order valence-electron chi connectivity index (χ1n) is 4.93. The van der Waals surface area contributed by atoms with E-state index in [1.165, 1.54) is 12.1 Å². The molecule has 0 aromatic heterocycles. The zero-order chi connectivity index (χ0) is 12.3. The van der Waals surface area contributed by atoms with Crippen LogP contribution in [-0.2, 0) is 4.79 Å². The molecule has 0 fully saturated rings. The minimum Gasteiger partial charge on any atom is -0.322 e. The van der Waals surface area contributed by atoms with Crippen LogP contribution in [0.15, 0.2) is 18.2 Å². The predicted octanol–water partition coefficient (Wildman–Crippen LogP) is 2.40. The van der Waals surface area contributed by atoms with Gasteiger partial charge in [0.25, 0.3) is 0 Å². The van der Waals surface area contributed by atoms with Crippen LogP contribution in [0.1, 0.15) is 13.8 Å². The van der Waals surface area contributed by atoms with Crippen LogP contribution in [0, 0.1) is 11.7 Å². The van der Waals surface area contributed by atoms with Gasteiger partial charge in [-0.3, -0.25) is 4.79 Å². The molecule has 16 heavy (non-hydrogen) atoms. The Morgan fingerprint density at radius 2 is 2.12 bits per heavy atom. The summed E-state index contributed by atoms with van der Waals surface area (Å²) in [5.41, 5.74) is 5.72. The van der Waals surface area contributed by atoms with Gasteiger partial charge < -0.3 is 11.1 Å². The standard InChI is InChI=1S/C11H14ClFN2O/c1-6(2)10(14)11(16)15-9-4-3-7(12)5-8(9)13/h3-6,10H,14H2,1-2H3,(H,15,16)/t10-/m0/s1. The molecule has 0 heterocycles. The van der Waals surface area contributed by atoms with Crippen LogP contribution in [0.5, 0.6) is 0 Å². The van der Waals surface area contributed by atoms with Gasteiger partial charge in [-0.15, -0.1) is 0 Å². The van der Waals surface area contributed by atoms with Gasteiger partial charge >= 0.3 is 0 Å². The van der Waals surface area contributed by atoms with E-state index in [2.05, 4.69) is 5.32 Å². The largest absolute Gasteiger partial charge is 0.322 e. The molecular formula is C11H14ClFN2O. The predicted molar refractivity (Wildman–Crippen MR) is 62.9 cm³/mol. The van der Waals surface area contributed by atoms with Crippen LogP contribution in [0.4, 0.5) is 10.1 Å². The summed E-state index contributed by atoms with van der Waals surface area (Å²) in [5.74, 6) is -0.983. The Morgan fingerprint density at radius 1 is 1.50 bits per heavy atom. The zero-order valence-corrected chi connectivity index (χ0v) is 9.88. The molecular weight excluding hydrogens is 231 g/mol. The SMILES string of the molecule is CC(C)[C@H](N)C(=O)Nc1ccc(Cl)cc1F. The quantitative estimate of drug-likeness (QED) is 0.858. The third kappa shape index (κ3) is 3.18. The highest BCUT2D eigenvalue weighted by Gasteiger charge is 2.18.